The van der Waals surface area contributed by atoms with Gasteiger partial charge in [0.2, 0.25) is 0 Å². The Bertz CT molecular complexity index is 1640. The first-order chi connectivity index (χ1) is 24.5. The third-order valence-electron chi connectivity index (χ3n) is 8.04. The Hall–Kier alpha value is -5.06. The maximum atomic E-state index is 12.5. The van der Waals surface area contributed by atoms with Crippen molar-refractivity contribution in [3.63, 3.8) is 0 Å². The molecule has 4 aromatic carbocycles. The Morgan fingerprint density at radius 2 is 0.960 bits per heavy atom. The summed E-state index contributed by atoms with van der Waals surface area (Å²) in [6.45, 7) is 5.17. The summed E-state index contributed by atoms with van der Waals surface area (Å²) in [5, 5.41) is 0. The lowest BCUT2D eigenvalue weighted by Gasteiger charge is -2.15. The lowest BCUT2D eigenvalue weighted by atomic mass is 10.1. The number of esters is 2. The van der Waals surface area contributed by atoms with Gasteiger partial charge in [0.1, 0.15) is 59.9 Å². The van der Waals surface area contributed by atoms with Crippen molar-refractivity contribution in [2.24, 2.45) is 0 Å². The number of carbonyl (C=O) groups is 2. The average molecular weight is 683 g/mol. The number of unbranched alkanes of at least 4 members (excludes halogenated alkanes) is 3. The van der Waals surface area contributed by atoms with Crippen LogP contribution in [0.4, 0.5) is 0 Å². The van der Waals surface area contributed by atoms with Crippen LogP contribution in [0, 0.1) is 0 Å². The van der Waals surface area contributed by atoms with Gasteiger partial charge >= 0.3 is 11.9 Å². The summed E-state index contributed by atoms with van der Waals surface area (Å²) >= 11 is 0. The van der Waals surface area contributed by atoms with E-state index in [1.807, 2.05) is 12.1 Å². The standard InChI is InChI=1S/C40H42O10/c1-28(48-34-19-21-36(22-20-34)50-40(42)30-9-13-33(14-10-30)45-25-38-27-47-38)6-4-2-3-5-23-43-31-15-17-35(18-16-31)49-39(41)29-7-11-32(12-8-29)44-24-37-26-46-37/h7-22,28,37-38H,2-6,23-27H2,1H3. The van der Waals surface area contributed by atoms with Crippen molar-refractivity contribution < 1.29 is 47.5 Å². The fourth-order valence-corrected chi connectivity index (χ4v) is 4.97. The van der Waals surface area contributed by atoms with Gasteiger partial charge in [-0.15, -0.1) is 0 Å². The molecule has 0 aromatic heterocycles. The van der Waals surface area contributed by atoms with E-state index >= 15 is 0 Å². The van der Waals surface area contributed by atoms with Crippen molar-refractivity contribution in [1.29, 1.82) is 0 Å². The first kappa shape index (κ1) is 34.8. The van der Waals surface area contributed by atoms with Gasteiger partial charge in [-0.2, -0.15) is 0 Å². The molecule has 3 unspecified atom stereocenters. The van der Waals surface area contributed by atoms with Crippen LogP contribution in [-0.4, -0.2) is 63.3 Å². The highest BCUT2D eigenvalue weighted by Gasteiger charge is 2.24. The number of benzene rings is 4. The van der Waals surface area contributed by atoms with Crippen LogP contribution in [0.5, 0.6) is 34.5 Å². The van der Waals surface area contributed by atoms with E-state index < -0.39 is 11.9 Å². The molecule has 2 fully saturated rings. The van der Waals surface area contributed by atoms with Gasteiger partial charge < -0.3 is 37.9 Å². The van der Waals surface area contributed by atoms with Crippen LogP contribution in [-0.2, 0) is 9.47 Å². The highest BCUT2D eigenvalue weighted by atomic mass is 16.6. The summed E-state index contributed by atoms with van der Waals surface area (Å²) in [5.41, 5.74) is 0.889. The summed E-state index contributed by atoms with van der Waals surface area (Å²) in [5.74, 6) is 2.87. The molecule has 0 aliphatic carbocycles. The van der Waals surface area contributed by atoms with Crippen LogP contribution in [0.15, 0.2) is 97.1 Å². The molecule has 2 aliphatic heterocycles. The Morgan fingerprint density at radius 1 is 0.560 bits per heavy atom. The average Bonchev–Trinajstić information content (AvgIpc) is 4.08. The molecule has 0 saturated carbocycles. The third-order valence-corrected chi connectivity index (χ3v) is 8.04. The first-order valence-electron chi connectivity index (χ1n) is 17.1. The third kappa shape index (κ3) is 11.5. The topological polar surface area (TPSA) is 115 Å². The zero-order chi connectivity index (χ0) is 34.5. The van der Waals surface area contributed by atoms with Gasteiger partial charge in [-0.05, 0) is 123 Å². The maximum absolute atomic E-state index is 12.5. The van der Waals surface area contributed by atoms with Crippen LogP contribution in [0.2, 0.25) is 0 Å². The highest BCUT2D eigenvalue weighted by molar-refractivity contribution is 5.91. The molecule has 2 saturated heterocycles. The smallest absolute Gasteiger partial charge is 0.343 e. The monoisotopic (exact) mass is 682 g/mol. The first-order valence-corrected chi connectivity index (χ1v) is 17.1. The van der Waals surface area contributed by atoms with Crippen LogP contribution in [0.1, 0.15) is 59.7 Å². The number of carbonyl (C=O) groups excluding carboxylic acids is 2. The van der Waals surface area contributed by atoms with Crippen molar-refractivity contribution in [3.8, 4) is 34.5 Å². The quantitative estimate of drug-likeness (QED) is 0.0402. The molecule has 262 valence electrons. The molecule has 2 aliphatic rings. The normalized spacial score (nSPS) is 16.5. The second-order valence-corrected chi connectivity index (χ2v) is 12.3. The molecule has 3 atom stereocenters. The Balaban J connectivity index is 0.802. The van der Waals surface area contributed by atoms with Gasteiger partial charge in [0.25, 0.3) is 0 Å². The van der Waals surface area contributed by atoms with Crippen LogP contribution < -0.4 is 28.4 Å². The van der Waals surface area contributed by atoms with E-state index in [1.54, 1.807) is 84.9 Å². The van der Waals surface area contributed by atoms with Crippen LogP contribution >= 0.6 is 0 Å². The van der Waals surface area contributed by atoms with Crippen molar-refractivity contribution >= 4 is 11.9 Å². The van der Waals surface area contributed by atoms with Gasteiger partial charge in [-0.1, -0.05) is 12.8 Å². The number of hydrogen-bond acceptors (Lipinski definition) is 10. The van der Waals surface area contributed by atoms with Gasteiger partial charge in [0.05, 0.1) is 37.1 Å². The highest BCUT2D eigenvalue weighted by Crippen LogP contribution is 2.23. The van der Waals surface area contributed by atoms with Crippen LogP contribution in [0.3, 0.4) is 0 Å². The van der Waals surface area contributed by atoms with Crippen molar-refractivity contribution in [3.05, 3.63) is 108 Å². The van der Waals surface area contributed by atoms with E-state index in [4.69, 9.17) is 37.9 Å². The Labute approximate surface area is 292 Å². The number of rotatable bonds is 20. The van der Waals surface area contributed by atoms with Gasteiger partial charge in [0.15, 0.2) is 0 Å². The summed E-state index contributed by atoms with van der Waals surface area (Å²) in [4.78, 5) is 25.0. The molecule has 0 amide bonds. The fraction of sp³-hybridized carbons (Fsp3) is 0.350. The van der Waals surface area contributed by atoms with Crippen LogP contribution in [0.25, 0.3) is 0 Å². The largest absolute Gasteiger partial charge is 0.494 e. The molecule has 4 aromatic rings. The number of hydrogen-bond donors (Lipinski definition) is 0. The molecule has 10 nitrogen and oxygen atoms in total. The Kier molecular flexibility index (Phi) is 12.2. The molecular formula is C40H42O10. The van der Waals surface area contributed by atoms with E-state index in [0.717, 1.165) is 56.8 Å². The molecule has 50 heavy (non-hydrogen) atoms. The van der Waals surface area contributed by atoms with E-state index in [1.165, 1.54) is 0 Å². The van der Waals surface area contributed by atoms with Crippen molar-refractivity contribution in [2.45, 2.75) is 57.3 Å². The zero-order valence-corrected chi connectivity index (χ0v) is 28.1. The maximum Gasteiger partial charge on any atom is 0.343 e. The fourth-order valence-electron chi connectivity index (χ4n) is 4.97. The SMILES string of the molecule is CC(CCCCCCOc1ccc(OC(=O)c2ccc(OCC3CO3)cc2)cc1)Oc1ccc(OC(=O)c2ccc(OCC3CO3)cc2)cc1. The zero-order valence-electron chi connectivity index (χ0n) is 28.1. The van der Waals surface area contributed by atoms with Gasteiger partial charge in [-0.25, -0.2) is 9.59 Å². The molecule has 0 bridgehead atoms. The van der Waals surface area contributed by atoms with E-state index in [0.29, 0.717) is 53.9 Å². The second-order valence-electron chi connectivity index (χ2n) is 12.3. The van der Waals surface area contributed by atoms with E-state index in [2.05, 4.69) is 6.92 Å². The Morgan fingerprint density at radius 3 is 1.44 bits per heavy atom. The molecule has 0 radical (unpaired) electrons. The number of ether oxygens (including phenoxy) is 8. The molecule has 0 N–H and O–H groups in total. The minimum absolute atomic E-state index is 0.0559. The number of epoxide rings is 2. The summed E-state index contributed by atoms with van der Waals surface area (Å²) in [6, 6.07) is 27.9. The molecule has 6 rings (SSSR count). The van der Waals surface area contributed by atoms with Gasteiger partial charge in [0, 0.05) is 0 Å². The predicted octanol–water partition coefficient (Wildman–Crippen LogP) is 7.48. The minimum Gasteiger partial charge on any atom is -0.494 e. The predicted molar refractivity (Wildman–Crippen MR) is 185 cm³/mol. The van der Waals surface area contributed by atoms with Crippen molar-refractivity contribution in [2.75, 3.05) is 33.0 Å². The summed E-state index contributed by atoms with van der Waals surface area (Å²) in [7, 11) is 0. The lowest BCUT2D eigenvalue weighted by molar-refractivity contribution is 0.0725. The molecule has 0 spiro atoms. The minimum atomic E-state index is -0.435. The molecule has 2 heterocycles. The summed E-state index contributed by atoms with van der Waals surface area (Å²) in [6.07, 6.45) is 5.44. The second kappa shape index (κ2) is 17.6. The molecule has 10 heteroatoms. The lowest BCUT2D eigenvalue weighted by Crippen LogP contribution is -2.12. The summed E-state index contributed by atoms with van der Waals surface area (Å²) < 4.78 is 44.4. The van der Waals surface area contributed by atoms with Crippen molar-refractivity contribution in [1.82, 2.24) is 0 Å². The van der Waals surface area contributed by atoms with Gasteiger partial charge in [-0.3, -0.25) is 0 Å². The van der Waals surface area contributed by atoms with E-state index in [9.17, 15) is 9.59 Å². The molecular weight excluding hydrogens is 640 g/mol. The van der Waals surface area contributed by atoms with E-state index in [-0.39, 0.29) is 18.3 Å².